The Morgan fingerprint density at radius 2 is 2.22 bits per heavy atom. The summed E-state index contributed by atoms with van der Waals surface area (Å²) in [4.78, 5) is 15.9. The molecule has 18 heavy (non-hydrogen) atoms. The van der Waals surface area contributed by atoms with E-state index < -0.39 is 0 Å². The normalized spacial score (nSPS) is 10.3. The highest BCUT2D eigenvalue weighted by molar-refractivity contribution is 6.02. The molecular formula is C14H16N2O2. The minimum Gasteiger partial charge on any atom is -0.494 e. The summed E-state index contributed by atoms with van der Waals surface area (Å²) in [6, 6.07) is 7.43. The number of fused-ring (bicyclic) bond motifs is 1. The molecule has 94 valence electrons. The lowest BCUT2D eigenvalue weighted by molar-refractivity contribution is -0.116. The zero-order valence-electron chi connectivity index (χ0n) is 10.6. The van der Waals surface area contributed by atoms with Crippen molar-refractivity contribution in [3.05, 3.63) is 30.5 Å². The molecule has 0 spiro atoms. The Bertz CT molecular complexity index is 567. The second-order valence-electron chi connectivity index (χ2n) is 4.01. The van der Waals surface area contributed by atoms with E-state index in [-0.39, 0.29) is 5.91 Å². The third-order valence-corrected chi connectivity index (χ3v) is 2.70. The van der Waals surface area contributed by atoms with Gasteiger partial charge in [-0.15, -0.1) is 0 Å². The van der Waals surface area contributed by atoms with Gasteiger partial charge in [-0.2, -0.15) is 0 Å². The fourth-order valence-corrected chi connectivity index (χ4v) is 1.86. The topological polar surface area (TPSA) is 51.2 Å². The summed E-state index contributed by atoms with van der Waals surface area (Å²) in [6.07, 6.45) is 3.06. The number of nitrogens with zero attached hydrogens (tertiary/aromatic N) is 1. The van der Waals surface area contributed by atoms with Gasteiger partial charge in [-0.3, -0.25) is 9.78 Å². The number of rotatable bonds is 4. The summed E-state index contributed by atoms with van der Waals surface area (Å²) < 4.78 is 5.26. The van der Waals surface area contributed by atoms with Crippen molar-refractivity contribution in [2.24, 2.45) is 0 Å². The third-order valence-electron chi connectivity index (χ3n) is 2.70. The Kier molecular flexibility index (Phi) is 3.77. The van der Waals surface area contributed by atoms with E-state index in [9.17, 15) is 4.79 Å². The van der Waals surface area contributed by atoms with Crippen molar-refractivity contribution in [3.8, 4) is 5.75 Å². The molecule has 0 aliphatic rings. The summed E-state index contributed by atoms with van der Waals surface area (Å²) in [5, 5.41) is 3.79. The fraction of sp³-hybridized carbons (Fsp3) is 0.286. The zero-order chi connectivity index (χ0) is 13.0. The summed E-state index contributed by atoms with van der Waals surface area (Å²) in [5.74, 6) is 0.729. The smallest absolute Gasteiger partial charge is 0.224 e. The number of amides is 1. The van der Waals surface area contributed by atoms with E-state index in [1.807, 2.05) is 31.2 Å². The highest BCUT2D eigenvalue weighted by atomic mass is 16.5. The molecule has 0 fully saturated rings. The molecule has 0 atom stereocenters. The molecule has 0 unspecified atom stereocenters. The first kappa shape index (κ1) is 12.4. The van der Waals surface area contributed by atoms with Crippen molar-refractivity contribution in [2.45, 2.75) is 19.8 Å². The lowest BCUT2D eigenvalue weighted by Gasteiger charge is -2.10. The van der Waals surface area contributed by atoms with Gasteiger partial charge >= 0.3 is 0 Å². The largest absolute Gasteiger partial charge is 0.494 e. The van der Waals surface area contributed by atoms with Gasteiger partial charge in [0.2, 0.25) is 5.91 Å². The van der Waals surface area contributed by atoms with E-state index in [1.54, 1.807) is 13.3 Å². The molecule has 2 aromatic rings. The van der Waals surface area contributed by atoms with Crippen LogP contribution in [0.5, 0.6) is 5.75 Å². The number of pyridine rings is 1. The van der Waals surface area contributed by atoms with Gasteiger partial charge in [-0.1, -0.05) is 6.92 Å². The van der Waals surface area contributed by atoms with Crippen LogP contribution in [0.3, 0.4) is 0 Å². The maximum Gasteiger partial charge on any atom is 0.224 e. The molecule has 1 amide bonds. The Labute approximate surface area is 106 Å². The minimum atomic E-state index is 0.0211. The van der Waals surface area contributed by atoms with E-state index in [0.717, 1.165) is 23.0 Å². The molecular weight excluding hydrogens is 228 g/mol. The quantitative estimate of drug-likeness (QED) is 0.899. The predicted molar refractivity (Wildman–Crippen MR) is 71.8 cm³/mol. The third kappa shape index (κ3) is 2.42. The molecule has 0 saturated carbocycles. The second-order valence-corrected chi connectivity index (χ2v) is 4.01. The van der Waals surface area contributed by atoms with Crippen LogP contribution >= 0.6 is 0 Å². The molecule has 0 radical (unpaired) electrons. The van der Waals surface area contributed by atoms with Crippen LogP contribution in [-0.2, 0) is 4.79 Å². The lowest BCUT2D eigenvalue weighted by Crippen LogP contribution is -2.11. The number of hydrogen-bond acceptors (Lipinski definition) is 3. The number of anilines is 1. The number of ether oxygens (including phenoxy) is 1. The first-order valence-electron chi connectivity index (χ1n) is 5.97. The fourth-order valence-electron chi connectivity index (χ4n) is 1.86. The van der Waals surface area contributed by atoms with Crippen LogP contribution < -0.4 is 10.1 Å². The van der Waals surface area contributed by atoms with Gasteiger partial charge in [0.05, 0.1) is 12.8 Å². The average molecular weight is 244 g/mol. The van der Waals surface area contributed by atoms with Crippen molar-refractivity contribution < 1.29 is 9.53 Å². The Morgan fingerprint density at radius 1 is 1.39 bits per heavy atom. The first-order chi connectivity index (χ1) is 8.76. The molecule has 1 aromatic carbocycles. The Hall–Kier alpha value is -2.10. The second kappa shape index (κ2) is 5.49. The van der Waals surface area contributed by atoms with Gasteiger partial charge < -0.3 is 10.1 Å². The van der Waals surface area contributed by atoms with Gasteiger partial charge in [0.1, 0.15) is 11.3 Å². The molecule has 1 heterocycles. The van der Waals surface area contributed by atoms with E-state index in [4.69, 9.17) is 4.74 Å². The maximum absolute atomic E-state index is 11.6. The van der Waals surface area contributed by atoms with Gasteiger partial charge in [-0.25, -0.2) is 0 Å². The van der Waals surface area contributed by atoms with Gasteiger partial charge in [-0.05, 0) is 30.7 Å². The summed E-state index contributed by atoms with van der Waals surface area (Å²) in [7, 11) is 1.61. The van der Waals surface area contributed by atoms with Crippen LogP contribution in [0.2, 0.25) is 0 Å². The number of aromatic nitrogens is 1. The molecule has 0 saturated heterocycles. The predicted octanol–water partition coefficient (Wildman–Crippen LogP) is 2.98. The zero-order valence-corrected chi connectivity index (χ0v) is 10.6. The number of hydrogen-bond donors (Lipinski definition) is 1. The lowest BCUT2D eigenvalue weighted by atomic mass is 10.1. The van der Waals surface area contributed by atoms with Gasteiger partial charge in [0.25, 0.3) is 0 Å². The van der Waals surface area contributed by atoms with Crippen molar-refractivity contribution in [3.63, 3.8) is 0 Å². The molecule has 0 aliphatic carbocycles. The summed E-state index contributed by atoms with van der Waals surface area (Å²) >= 11 is 0. The van der Waals surface area contributed by atoms with E-state index in [0.29, 0.717) is 12.2 Å². The van der Waals surface area contributed by atoms with Gasteiger partial charge in [0.15, 0.2) is 0 Å². The van der Waals surface area contributed by atoms with Crippen molar-refractivity contribution in [2.75, 3.05) is 12.4 Å². The number of carbonyl (C=O) groups is 1. The van der Waals surface area contributed by atoms with Gasteiger partial charge in [0, 0.05) is 18.0 Å². The molecule has 2 rings (SSSR count). The standard InChI is InChI=1S/C14H16N2O2/c1-3-5-13(17)16-11-7-8-12(18-2)14-10(11)6-4-9-15-14/h4,6-9H,3,5H2,1-2H3,(H,16,17). The number of benzene rings is 1. The van der Waals surface area contributed by atoms with Crippen LogP contribution in [0, 0.1) is 0 Å². The molecule has 1 aromatic heterocycles. The Balaban J connectivity index is 2.43. The van der Waals surface area contributed by atoms with Crippen molar-refractivity contribution in [1.82, 2.24) is 4.98 Å². The number of carbonyl (C=O) groups excluding carboxylic acids is 1. The van der Waals surface area contributed by atoms with Crippen molar-refractivity contribution >= 4 is 22.5 Å². The average Bonchev–Trinajstić information content (AvgIpc) is 2.39. The van der Waals surface area contributed by atoms with Crippen molar-refractivity contribution in [1.29, 1.82) is 0 Å². The molecule has 1 N–H and O–H groups in total. The van der Waals surface area contributed by atoms with Crippen LogP contribution in [0.1, 0.15) is 19.8 Å². The van der Waals surface area contributed by atoms with Crippen LogP contribution in [0.15, 0.2) is 30.5 Å². The van der Waals surface area contributed by atoms with E-state index in [1.165, 1.54) is 0 Å². The SMILES string of the molecule is CCCC(=O)Nc1ccc(OC)c2ncccc12. The monoisotopic (exact) mass is 244 g/mol. The molecule has 0 aliphatic heterocycles. The van der Waals surface area contributed by atoms with E-state index >= 15 is 0 Å². The highest BCUT2D eigenvalue weighted by Crippen LogP contribution is 2.29. The summed E-state index contributed by atoms with van der Waals surface area (Å²) in [6.45, 7) is 1.98. The van der Waals surface area contributed by atoms with Crippen LogP contribution in [-0.4, -0.2) is 18.0 Å². The molecule has 4 nitrogen and oxygen atoms in total. The summed E-state index contributed by atoms with van der Waals surface area (Å²) in [5.41, 5.74) is 1.53. The Morgan fingerprint density at radius 3 is 2.94 bits per heavy atom. The highest BCUT2D eigenvalue weighted by Gasteiger charge is 2.09. The molecule has 0 bridgehead atoms. The molecule has 4 heteroatoms. The van der Waals surface area contributed by atoms with Crippen LogP contribution in [0.25, 0.3) is 10.9 Å². The van der Waals surface area contributed by atoms with E-state index in [2.05, 4.69) is 10.3 Å². The number of nitrogens with one attached hydrogen (secondary N) is 1. The minimum absolute atomic E-state index is 0.0211. The van der Waals surface area contributed by atoms with Crippen LogP contribution in [0.4, 0.5) is 5.69 Å². The maximum atomic E-state index is 11.6. The first-order valence-corrected chi connectivity index (χ1v) is 5.97. The number of methoxy groups -OCH3 is 1.